The predicted octanol–water partition coefficient (Wildman–Crippen LogP) is 0.180. The Balaban J connectivity index is 2.34. The molecule has 0 saturated carbocycles. The molecule has 1 aliphatic heterocycles. The Hall–Kier alpha value is -0.120. The summed E-state index contributed by atoms with van der Waals surface area (Å²) in [4.78, 5) is 2.47. The van der Waals surface area contributed by atoms with Crippen LogP contribution in [0.4, 0.5) is 0 Å². The molecule has 66 valence electrons. The molecule has 0 aromatic rings. The van der Waals surface area contributed by atoms with Gasteiger partial charge in [-0.1, -0.05) is 13.8 Å². The van der Waals surface area contributed by atoms with Crippen LogP contribution in [0.5, 0.6) is 0 Å². The van der Waals surface area contributed by atoms with Crippen molar-refractivity contribution in [2.75, 3.05) is 19.6 Å². The van der Waals surface area contributed by atoms with Gasteiger partial charge in [-0.15, -0.1) is 0 Å². The van der Waals surface area contributed by atoms with E-state index in [1.807, 2.05) is 0 Å². The Morgan fingerprint density at radius 1 is 1.64 bits per heavy atom. The van der Waals surface area contributed by atoms with Gasteiger partial charge in [-0.25, -0.2) is 0 Å². The van der Waals surface area contributed by atoms with Crippen LogP contribution in [0, 0.1) is 5.92 Å². The van der Waals surface area contributed by atoms with Gasteiger partial charge in [-0.2, -0.15) is 0 Å². The highest BCUT2D eigenvalue weighted by atomic mass is 15.3. The molecule has 1 aliphatic rings. The molecule has 0 amide bonds. The van der Waals surface area contributed by atoms with Crippen molar-refractivity contribution in [3.8, 4) is 0 Å². The Kier molecular flexibility index (Phi) is 3.30. The van der Waals surface area contributed by atoms with E-state index < -0.39 is 0 Å². The van der Waals surface area contributed by atoms with Crippen molar-refractivity contribution in [1.82, 2.24) is 10.3 Å². The summed E-state index contributed by atoms with van der Waals surface area (Å²) in [5, 5.41) is 0. The first-order chi connectivity index (χ1) is 5.27. The minimum atomic E-state index is 0.526. The highest BCUT2D eigenvalue weighted by Gasteiger charge is 2.23. The normalized spacial score (nSPS) is 34.1. The first kappa shape index (κ1) is 8.97. The molecule has 1 saturated heterocycles. The highest BCUT2D eigenvalue weighted by molar-refractivity contribution is 4.80. The van der Waals surface area contributed by atoms with E-state index >= 15 is 0 Å². The molecule has 1 rings (SSSR count). The maximum atomic E-state index is 5.41. The van der Waals surface area contributed by atoms with Gasteiger partial charge in [0.05, 0.1) is 0 Å². The lowest BCUT2D eigenvalue weighted by molar-refractivity contribution is 0.154. The molecule has 0 aromatic carbocycles. The fourth-order valence-electron chi connectivity index (χ4n) is 1.77. The summed E-state index contributed by atoms with van der Waals surface area (Å²) in [7, 11) is 0. The van der Waals surface area contributed by atoms with E-state index in [-0.39, 0.29) is 0 Å². The number of rotatable bonds is 2. The quantitative estimate of drug-likeness (QED) is 0.444. The Labute approximate surface area is 68.9 Å². The summed E-state index contributed by atoms with van der Waals surface area (Å²) in [5.41, 5.74) is 2.87. The lowest BCUT2D eigenvalue weighted by atomic mass is 9.95. The van der Waals surface area contributed by atoms with Crippen molar-refractivity contribution in [3.05, 3.63) is 0 Å². The number of piperidine rings is 1. The van der Waals surface area contributed by atoms with Crippen LogP contribution in [0.2, 0.25) is 0 Å². The van der Waals surface area contributed by atoms with Crippen molar-refractivity contribution in [2.45, 2.75) is 26.3 Å². The topological polar surface area (TPSA) is 41.3 Å². The first-order valence-corrected chi connectivity index (χ1v) is 4.46. The van der Waals surface area contributed by atoms with E-state index in [9.17, 15) is 0 Å². The number of nitrogens with zero attached hydrogens (tertiary/aromatic N) is 1. The van der Waals surface area contributed by atoms with E-state index in [2.05, 4.69) is 24.2 Å². The van der Waals surface area contributed by atoms with E-state index in [4.69, 9.17) is 5.84 Å². The van der Waals surface area contributed by atoms with Crippen molar-refractivity contribution in [2.24, 2.45) is 11.8 Å². The number of nitrogens with two attached hydrogens (primary N) is 1. The van der Waals surface area contributed by atoms with E-state index in [1.54, 1.807) is 0 Å². The van der Waals surface area contributed by atoms with Gasteiger partial charge in [-0.05, 0) is 25.4 Å². The van der Waals surface area contributed by atoms with Gasteiger partial charge in [0.15, 0.2) is 0 Å². The second-order valence-corrected chi connectivity index (χ2v) is 3.43. The average Bonchev–Trinajstić information content (AvgIpc) is 2.04. The number of nitrogens with one attached hydrogen (secondary N) is 1. The fraction of sp³-hybridized carbons (Fsp3) is 1.00. The van der Waals surface area contributed by atoms with Crippen LogP contribution in [0.25, 0.3) is 0 Å². The molecular weight excluding hydrogens is 138 g/mol. The zero-order valence-electron chi connectivity index (χ0n) is 7.51. The van der Waals surface area contributed by atoms with Crippen LogP contribution < -0.4 is 11.3 Å². The minimum absolute atomic E-state index is 0.526. The number of likely N-dealkylation sites (tertiary alicyclic amines) is 1. The van der Waals surface area contributed by atoms with Gasteiger partial charge in [0.2, 0.25) is 0 Å². The summed E-state index contributed by atoms with van der Waals surface area (Å²) in [6.07, 6.45) is 1.19. The number of hydrazine groups is 1. The average molecular weight is 157 g/mol. The molecule has 1 heterocycles. The zero-order valence-corrected chi connectivity index (χ0v) is 7.51. The summed E-state index contributed by atoms with van der Waals surface area (Å²) >= 11 is 0. The van der Waals surface area contributed by atoms with Gasteiger partial charge in [-0.3, -0.25) is 11.3 Å². The molecule has 3 heteroatoms. The molecule has 3 nitrogen and oxygen atoms in total. The first-order valence-electron chi connectivity index (χ1n) is 4.46. The molecule has 0 radical (unpaired) electrons. The predicted molar refractivity (Wildman–Crippen MR) is 47.0 cm³/mol. The molecule has 0 bridgehead atoms. The van der Waals surface area contributed by atoms with Crippen LogP contribution >= 0.6 is 0 Å². The third-order valence-electron chi connectivity index (χ3n) is 2.65. The Morgan fingerprint density at radius 3 is 2.82 bits per heavy atom. The molecule has 0 spiro atoms. The van der Waals surface area contributed by atoms with Gasteiger partial charge in [0.25, 0.3) is 0 Å². The maximum Gasteiger partial charge on any atom is 0.0260 e. The number of hydrogen-bond acceptors (Lipinski definition) is 3. The molecule has 2 atom stereocenters. The van der Waals surface area contributed by atoms with Crippen LogP contribution in [0.3, 0.4) is 0 Å². The molecule has 0 aliphatic carbocycles. The van der Waals surface area contributed by atoms with Gasteiger partial charge >= 0.3 is 0 Å². The number of hydrogen-bond donors (Lipinski definition) is 2. The summed E-state index contributed by atoms with van der Waals surface area (Å²) in [5.74, 6) is 6.10. The van der Waals surface area contributed by atoms with Crippen molar-refractivity contribution >= 4 is 0 Å². The summed E-state index contributed by atoms with van der Waals surface area (Å²) in [6.45, 7) is 8.01. The molecule has 1 fully saturated rings. The molecule has 3 N–H and O–H groups in total. The fourth-order valence-corrected chi connectivity index (χ4v) is 1.77. The summed E-state index contributed by atoms with van der Waals surface area (Å²) in [6, 6.07) is 0.526. The van der Waals surface area contributed by atoms with E-state index in [0.717, 1.165) is 0 Å². The molecule has 2 unspecified atom stereocenters. The zero-order chi connectivity index (χ0) is 8.27. The standard InChI is InChI=1S/C8H19N3/c1-3-11-5-4-8(10-9)7(2)6-11/h7-8,10H,3-6,9H2,1-2H3. The molecule has 11 heavy (non-hydrogen) atoms. The Bertz CT molecular complexity index is 116. The lowest BCUT2D eigenvalue weighted by Crippen LogP contribution is -2.50. The van der Waals surface area contributed by atoms with Crippen LogP contribution in [0.15, 0.2) is 0 Å². The maximum absolute atomic E-state index is 5.41. The van der Waals surface area contributed by atoms with Crippen LogP contribution in [-0.2, 0) is 0 Å². The van der Waals surface area contributed by atoms with Crippen molar-refractivity contribution in [3.63, 3.8) is 0 Å². The Morgan fingerprint density at radius 2 is 2.36 bits per heavy atom. The van der Waals surface area contributed by atoms with Crippen LogP contribution in [-0.4, -0.2) is 30.6 Å². The van der Waals surface area contributed by atoms with Gasteiger partial charge in [0, 0.05) is 12.6 Å². The van der Waals surface area contributed by atoms with Crippen molar-refractivity contribution < 1.29 is 0 Å². The third-order valence-corrected chi connectivity index (χ3v) is 2.65. The van der Waals surface area contributed by atoms with Crippen LogP contribution in [0.1, 0.15) is 20.3 Å². The van der Waals surface area contributed by atoms with Gasteiger partial charge < -0.3 is 4.90 Å². The van der Waals surface area contributed by atoms with Crippen molar-refractivity contribution in [1.29, 1.82) is 0 Å². The van der Waals surface area contributed by atoms with Gasteiger partial charge in [0.1, 0.15) is 0 Å². The second kappa shape index (κ2) is 4.04. The summed E-state index contributed by atoms with van der Waals surface area (Å²) < 4.78 is 0. The SMILES string of the molecule is CCN1CCC(NN)C(C)C1. The molecule has 0 aromatic heterocycles. The van der Waals surface area contributed by atoms with E-state index in [0.29, 0.717) is 12.0 Å². The monoisotopic (exact) mass is 157 g/mol. The highest BCUT2D eigenvalue weighted by Crippen LogP contribution is 2.15. The minimum Gasteiger partial charge on any atom is -0.303 e. The van der Waals surface area contributed by atoms with E-state index in [1.165, 1.54) is 26.1 Å². The third kappa shape index (κ3) is 2.15. The largest absolute Gasteiger partial charge is 0.303 e. The molecular formula is C8H19N3. The lowest BCUT2D eigenvalue weighted by Gasteiger charge is -2.35. The second-order valence-electron chi connectivity index (χ2n) is 3.43. The smallest absolute Gasteiger partial charge is 0.0260 e.